The van der Waals surface area contributed by atoms with Crippen LogP contribution >= 0.6 is 0 Å². The topological polar surface area (TPSA) is 59.3 Å². The molecule has 0 spiro atoms. The van der Waals surface area contributed by atoms with Crippen molar-refractivity contribution in [2.24, 2.45) is 13.0 Å². The molecule has 3 aliphatic rings. The Balaban J connectivity index is 1.42. The minimum Gasteiger partial charge on any atom is -0.350 e. The van der Waals surface area contributed by atoms with E-state index >= 15 is 0 Å². The van der Waals surface area contributed by atoms with Crippen molar-refractivity contribution >= 4 is 44.8 Å². The summed E-state index contributed by atoms with van der Waals surface area (Å²) in [5.74, 6) is -0.0401. The molecule has 2 amide bonds. The van der Waals surface area contributed by atoms with Gasteiger partial charge in [-0.2, -0.15) is 0 Å². The van der Waals surface area contributed by atoms with Crippen LogP contribution in [0.25, 0.3) is 33.0 Å². The van der Waals surface area contributed by atoms with Crippen molar-refractivity contribution < 1.29 is 9.59 Å². The molecular formula is C31H32N4O2. The number of imide groups is 1. The fraction of sp³-hybridized carbons (Fsp3) is 0.355. The van der Waals surface area contributed by atoms with E-state index in [1.165, 1.54) is 38.0 Å². The second-order valence-corrected chi connectivity index (χ2v) is 10.9. The lowest BCUT2D eigenvalue weighted by molar-refractivity contribution is -0.122. The average Bonchev–Trinajstić information content (AvgIpc) is 3.52. The maximum absolute atomic E-state index is 13.5. The maximum atomic E-state index is 13.5. The van der Waals surface area contributed by atoms with Gasteiger partial charge in [0, 0.05) is 65.0 Å². The summed E-state index contributed by atoms with van der Waals surface area (Å²) in [4.78, 5) is 29.5. The fourth-order valence-corrected chi connectivity index (χ4v) is 6.94. The lowest BCUT2D eigenvalue weighted by Crippen LogP contribution is -2.36. The van der Waals surface area contributed by atoms with Gasteiger partial charge < -0.3 is 14.0 Å². The molecule has 1 saturated heterocycles. The predicted octanol–water partition coefficient (Wildman–Crippen LogP) is 4.75. The number of benzene rings is 2. The highest BCUT2D eigenvalue weighted by atomic mass is 16.2. The van der Waals surface area contributed by atoms with Gasteiger partial charge in [0.1, 0.15) is 0 Å². The molecule has 4 aromatic rings. The minimum atomic E-state index is -0.305. The van der Waals surface area contributed by atoms with Crippen LogP contribution in [0.3, 0.4) is 0 Å². The van der Waals surface area contributed by atoms with E-state index in [9.17, 15) is 9.59 Å². The van der Waals surface area contributed by atoms with E-state index < -0.39 is 0 Å². The molecule has 3 aliphatic heterocycles. The summed E-state index contributed by atoms with van der Waals surface area (Å²) >= 11 is 0. The Bertz CT molecular complexity index is 1600. The number of amides is 2. The van der Waals surface area contributed by atoms with E-state index in [0.29, 0.717) is 17.1 Å². The van der Waals surface area contributed by atoms with Gasteiger partial charge in [-0.15, -0.1) is 0 Å². The van der Waals surface area contributed by atoms with E-state index in [2.05, 4.69) is 39.0 Å². The molecule has 0 saturated carbocycles. The van der Waals surface area contributed by atoms with Crippen molar-refractivity contribution in [2.75, 3.05) is 19.6 Å². The molecule has 188 valence electrons. The molecular weight excluding hydrogens is 460 g/mol. The second kappa shape index (κ2) is 8.73. The molecule has 6 heteroatoms. The van der Waals surface area contributed by atoms with Crippen LogP contribution in [-0.2, 0) is 29.6 Å². The zero-order valence-electron chi connectivity index (χ0n) is 21.3. The molecule has 0 radical (unpaired) electrons. The summed E-state index contributed by atoms with van der Waals surface area (Å²) in [6.07, 6.45) is 7.98. The van der Waals surface area contributed by atoms with Crippen molar-refractivity contribution in [3.63, 3.8) is 0 Å². The van der Waals surface area contributed by atoms with Crippen LogP contribution in [0.2, 0.25) is 0 Å². The molecule has 1 atom stereocenters. The van der Waals surface area contributed by atoms with Gasteiger partial charge in [-0.3, -0.25) is 14.9 Å². The molecule has 1 fully saturated rings. The van der Waals surface area contributed by atoms with Crippen LogP contribution in [0.4, 0.5) is 0 Å². The number of para-hydroxylation sites is 2. The van der Waals surface area contributed by atoms with Crippen molar-refractivity contribution in [2.45, 2.75) is 38.6 Å². The summed E-state index contributed by atoms with van der Waals surface area (Å²) in [6.45, 7) is 4.45. The van der Waals surface area contributed by atoms with Crippen LogP contribution in [0, 0.1) is 5.92 Å². The van der Waals surface area contributed by atoms with Crippen LogP contribution in [0.5, 0.6) is 0 Å². The molecule has 1 N–H and O–H groups in total. The number of carbonyl (C=O) groups is 2. The molecule has 7 rings (SSSR count). The highest BCUT2D eigenvalue weighted by Crippen LogP contribution is 2.43. The monoisotopic (exact) mass is 492 g/mol. The molecule has 5 heterocycles. The molecule has 0 aliphatic carbocycles. The van der Waals surface area contributed by atoms with Gasteiger partial charge in [0.15, 0.2) is 0 Å². The molecule has 1 unspecified atom stereocenters. The largest absolute Gasteiger partial charge is 0.350 e. The number of carbonyl (C=O) groups excluding carboxylic acids is 2. The second-order valence-electron chi connectivity index (χ2n) is 10.9. The first-order valence-corrected chi connectivity index (χ1v) is 13.6. The zero-order valence-corrected chi connectivity index (χ0v) is 21.3. The molecule has 0 bridgehead atoms. The normalized spacial score (nSPS) is 20.7. The highest BCUT2D eigenvalue weighted by Gasteiger charge is 2.38. The Hall–Kier alpha value is -3.64. The van der Waals surface area contributed by atoms with Crippen molar-refractivity contribution in [3.8, 4) is 0 Å². The van der Waals surface area contributed by atoms with Crippen molar-refractivity contribution in [1.29, 1.82) is 0 Å². The summed E-state index contributed by atoms with van der Waals surface area (Å²) < 4.78 is 4.44. The lowest BCUT2D eigenvalue weighted by Gasteiger charge is -2.33. The number of hydrogen-bond donors (Lipinski definition) is 1. The van der Waals surface area contributed by atoms with Crippen LogP contribution in [-0.4, -0.2) is 45.5 Å². The van der Waals surface area contributed by atoms with Gasteiger partial charge >= 0.3 is 0 Å². The number of nitrogens with one attached hydrogen (secondary N) is 1. The first-order chi connectivity index (χ1) is 18.1. The van der Waals surface area contributed by atoms with E-state index in [1.54, 1.807) is 0 Å². The first kappa shape index (κ1) is 22.5. The third-order valence-corrected chi connectivity index (χ3v) is 8.63. The summed E-state index contributed by atoms with van der Waals surface area (Å²) in [5, 5.41) is 4.70. The van der Waals surface area contributed by atoms with Crippen LogP contribution in [0.15, 0.2) is 54.7 Å². The molecule has 2 aromatic heterocycles. The summed E-state index contributed by atoms with van der Waals surface area (Å²) in [7, 11) is 1.99. The number of nitrogens with zero attached hydrogens (tertiary/aromatic N) is 3. The van der Waals surface area contributed by atoms with Crippen LogP contribution < -0.4 is 5.32 Å². The van der Waals surface area contributed by atoms with E-state index in [0.717, 1.165) is 58.9 Å². The number of hydrogen-bond acceptors (Lipinski definition) is 3. The number of piperidine rings is 1. The van der Waals surface area contributed by atoms with Gasteiger partial charge in [0.25, 0.3) is 11.8 Å². The third-order valence-electron chi connectivity index (χ3n) is 8.63. The average molecular weight is 493 g/mol. The van der Waals surface area contributed by atoms with E-state index in [1.807, 2.05) is 42.1 Å². The standard InChI is InChI=1S/C31H32N4O2/c1-33-19-23(21-9-3-5-11-24(21)33)28-29(31(37)32-30(28)36)27-22-10-4-6-12-25(22)35-16-13-20(17-26(27)35)18-34-14-7-2-8-15-34/h3-6,9-12,19-20H,2,7-8,13-18H2,1H3,(H,32,36,37). The Labute approximate surface area is 216 Å². The summed E-state index contributed by atoms with van der Waals surface area (Å²) in [5.41, 5.74) is 6.20. The first-order valence-electron chi connectivity index (χ1n) is 13.6. The number of rotatable bonds is 4. The number of likely N-dealkylation sites (tertiary alicyclic amines) is 1. The third kappa shape index (κ3) is 3.57. The van der Waals surface area contributed by atoms with Gasteiger partial charge in [-0.25, -0.2) is 0 Å². The number of fused-ring (bicyclic) bond motifs is 4. The van der Waals surface area contributed by atoms with Gasteiger partial charge in [0.05, 0.1) is 11.1 Å². The Morgan fingerprint density at radius 2 is 1.54 bits per heavy atom. The van der Waals surface area contributed by atoms with E-state index in [4.69, 9.17) is 0 Å². The Morgan fingerprint density at radius 1 is 0.838 bits per heavy atom. The minimum absolute atomic E-state index is 0.287. The van der Waals surface area contributed by atoms with Crippen molar-refractivity contribution in [3.05, 3.63) is 71.5 Å². The molecule has 37 heavy (non-hydrogen) atoms. The fourth-order valence-electron chi connectivity index (χ4n) is 6.94. The predicted molar refractivity (Wildman–Crippen MR) is 147 cm³/mol. The Kier molecular flexibility index (Phi) is 5.32. The number of aromatic nitrogens is 2. The molecule has 6 nitrogen and oxygen atoms in total. The highest BCUT2D eigenvalue weighted by molar-refractivity contribution is 6.51. The summed E-state index contributed by atoms with van der Waals surface area (Å²) in [6, 6.07) is 16.4. The van der Waals surface area contributed by atoms with Crippen molar-refractivity contribution in [1.82, 2.24) is 19.4 Å². The Morgan fingerprint density at radius 3 is 2.35 bits per heavy atom. The van der Waals surface area contributed by atoms with Gasteiger partial charge in [-0.05, 0) is 56.8 Å². The van der Waals surface area contributed by atoms with Crippen LogP contribution in [0.1, 0.15) is 42.5 Å². The van der Waals surface area contributed by atoms with Gasteiger partial charge in [0.2, 0.25) is 0 Å². The maximum Gasteiger partial charge on any atom is 0.259 e. The SMILES string of the molecule is Cn1cc(C2=C(c3c4n(c5ccccc35)CCC(CN3CCCCC3)C4)C(=O)NC2=O)c2ccccc21. The smallest absolute Gasteiger partial charge is 0.259 e. The van der Waals surface area contributed by atoms with Gasteiger partial charge in [-0.1, -0.05) is 42.8 Å². The zero-order chi connectivity index (χ0) is 25.1. The lowest BCUT2D eigenvalue weighted by atomic mass is 9.88. The quantitative estimate of drug-likeness (QED) is 0.419. The van der Waals surface area contributed by atoms with E-state index in [-0.39, 0.29) is 11.8 Å². The number of aryl methyl sites for hydroxylation is 2. The molecule has 2 aromatic carbocycles.